The zero-order valence-corrected chi connectivity index (χ0v) is 11.7. The van der Waals surface area contributed by atoms with E-state index in [1.165, 1.54) is 6.08 Å². The third-order valence-corrected chi connectivity index (χ3v) is 3.27. The number of hydrogen-bond acceptors (Lipinski definition) is 3. The first kappa shape index (κ1) is 13.4. The predicted octanol–water partition coefficient (Wildman–Crippen LogP) is 5.25. The SMILES string of the molecule is O=C=Nc1ccc(Cl)cc1Oc1ccc2ccccc2c1. The zero-order valence-electron chi connectivity index (χ0n) is 10.9. The van der Waals surface area contributed by atoms with Gasteiger partial charge in [0.15, 0.2) is 5.75 Å². The summed E-state index contributed by atoms with van der Waals surface area (Å²) in [7, 11) is 0. The van der Waals surface area contributed by atoms with Crippen molar-refractivity contribution in [3.63, 3.8) is 0 Å². The van der Waals surface area contributed by atoms with Crippen LogP contribution in [0.3, 0.4) is 0 Å². The normalized spacial score (nSPS) is 10.1. The van der Waals surface area contributed by atoms with E-state index in [1.54, 1.807) is 18.2 Å². The number of carbonyl (C=O) groups excluding carboxylic acids is 1. The van der Waals surface area contributed by atoms with Crippen molar-refractivity contribution in [2.24, 2.45) is 4.99 Å². The Bertz CT molecular complexity index is 854. The summed E-state index contributed by atoms with van der Waals surface area (Å²) in [6.45, 7) is 0. The zero-order chi connectivity index (χ0) is 14.7. The van der Waals surface area contributed by atoms with Crippen molar-refractivity contribution in [2.75, 3.05) is 0 Å². The molecule has 0 aromatic heterocycles. The fourth-order valence-electron chi connectivity index (χ4n) is 2.07. The van der Waals surface area contributed by atoms with Crippen LogP contribution in [0.25, 0.3) is 10.8 Å². The van der Waals surface area contributed by atoms with Crippen LogP contribution >= 0.6 is 11.6 Å². The molecule has 0 fully saturated rings. The first-order chi connectivity index (χ1) is 10.3. The van der Waals surface area contributed by atoms with Gasteiger partial charge >= 0.3 is 0 Å². The maximum Gasteiger partial charge on any atom is 0.240 e. The molecule has 3 rings (SSSR count). The number of rotatable bonds is 3. The van der Waals surface area contributed by atoms with Crippen LogP contribution < -0.4 is 4.74 Å². The van der Waals surface area contributed by atoms with E-state index >= 15 is 0 Å². The smallest absolute Gasteiger partial charge is 0.240 e. The summed E-state index contributed by atoms with van der Waals surface area (Å²) in [4.78, 5) is 14.1. The van der Waals surface area contributed by atoms with Crippen molar-refractivity contribution >= 4 is 34.1 Å². The molecule has 3 aromatic carbocycles. The van der Waals surface area contributed by atoms with Crippen LogP contribution in [0.2, 0.25) is 5.02 Å². The number of nitrogens with zero attached hydrogens (tertiary/aromatic N) is 1. The average Bonchev–Trinajstić information content (AvgIpc) is 2.50. The molecule has 0 radical (unpaired) electrons. The van der Waals surface area contributed by atoms with Gasteiger partial charge in [0, 0.05) is 11.1 Å². The van der Waals surface area contributed by atoms with Crippen LogP contribution in [-0.2, 0) is 4.79 Å². The Morgan fingerprint density at radius 1 is 0.952 bits per heavy atom. The Labute approximate surface area is 126 Å². The highest BCUT2D eigenvalue weighted by Crippen LogP contribution is 2.34. The molecule has 0 amide bonds. The third-order valence-electron chi connectivity index (χ3n) is 3.04. The van der Waals surface area contributed by atoms with E-state index in [-0.39, 0.29) is 0 Å². The number of fused-ring (bicyclic) bond motifs is 1. The van der Waals surface area contributed by atoms with Crippen molar-refractivity contribution in [3.05, 3.63) is 65.7 Å². The molecule has 3 aromatic rings. The van der Waals surface area contributed by atoms with Gasteiger partial charge in [-0.05, 0) is 35.0 Å². The van der Waals surface area contributed by atoms with Crippen molar-refractivity contribution in [2.45, 2.75) is 0 Å². The van der Waals surface area contributed by atoms with Gasteiger partial charge in [-0.2, -0.15) is 4.99 Å². The van der Waals surface area contributed by atoms with Crippen LogP contribution in [-0.4, -0.2) is 6.08 Å². The Hall–Kier alpha value is -2.61. The van der Waals surface area contributed by atoms with Crippen molar-refractivity contribution in [1.82, 2.24) is 0 Å². The van der Waals surface area contributed by atoms with Gasteiger partial charge in [-0.1, -0.05) is 41.9 Å². The maximum atomic E-state index is 10.5. The van der Waals surface area contributed by atoms with Gasteiger partial charge in [-0.3, -0.25) is 0 Å². The molecule has 21 heavy (non-hydrogen) atoms. The van der Waals surface area contributed by atoms with Crippen LogP contribution in [0.15, 0.2) is 65.7 Å². The van der Waals surface area contributed by atoms with Crippen LogP contribution in [0.1, 0.15) is 0 Å². The summed E-state index contributed by atoms with van der Waals surface area (Å²) >= 11 is 5.96. The molecule has 0 saturated heterocycles. The standard InChI is InChI=1S/C17H10ClNO2/c18-14-6-8-16(19-11-20)17(10-14)21-15-7-5-12-3-1-2-4-13(12)9-15/h1-10H. The minimum atomic E-state index is 0.391. The predicted molar refractivity (Wildman–Crippen MR) is 83.3 cm³/mol. The molecule has 0 aliphatic rings. The molecule has 4 heteroatoms. The highest BCUT2D eigenvalue weighted by atomic mass is 35.5. The second-order valence-electron chi connectivity index (χ2n) is 4.43. The van der Waals surface area contributed by atoms with E-state index in [0.717, 1.165) is 10.8 Å². The highest BCUT2D eigenvalue weighted by Gasteiger charge is 2.06. The first-order valence-corrected chi connectivity index (χ1v) is 6.68. The molecule has 0 N–H and O–H groups in total. The Kier molecular flexibility index (Phi) is 3.69. The quantitative estimate of drug-likeness (QED) is 0.489. The molecule has 0 unspecified atom stereocenters. The van der Waals surface area contributed by atoms with E-state index in [1.807, 2.05) is 42.5 Å². The lowest BCUT2D eigenvalue weighted by Crippen LogP contribution is -1.85. The molecule has 0 spiro atoms. The number of halogens is 1. The average molecular weight is 296 g/mol. The van der Waals surface area contributed by atoms with E-state index < -0.39 is 0 Å². The molecular weight excluding hydrogens is 286 g/mol. The number of benzene rings is 3. The highest BCUT2D eigenvalue weighted by molar-refractivity contribution is 6.30. The lowest BCUT2D eigenvalue weighted by atomic mass is 10.1. The Morgan fingerprint density at radius 3 is 2.57 bits per heavy atom. The Balaban J connectivity index is 2.01. The van der Waals surface area contributed by atoms with Gasteiger partial charge in [0.2, 0.25) is 6.08 Å². The maximum absolute atomic E-state index is 10.5. The molecule has 0 heterocycles. The largest absolute Gasteiger partial charge is 0.455 e. The lowest BCUT2D eigenvalue weighted by molar-refractivity contribution is 0.484. The molecule has 0 bridgehead atoms. The summed E-state index contributed by atoms with van der Waals surface area (Å²) in [6.07, 6.45) is 1.51. The third kappa shape index (κ3) is 2.95. The van der Waals surface area contributed by atoms with Gasteiger partial charge in [0.25, 0.3) is 0 Å². The molecule has 0 aliphatic heterocycles. The minimum Gasteiger partial charge on any atom is -0.455 e. The van der Waals surface area contributed by atoms with Crippen molar-refractivity contribution in [3.8, 4) is 11.5 Å². The number of isocyanates is 1. The van der Waals surface area contributed by atoms with Gasteiger partial charge in [0.05, 0.1) is 0 Å². The van der Waals surface area contributed by atoms with Crippen LogP contribution in [0.4, 0.5) is 5.69 Å². The van der Waals surface area contributed by atoms with E-state index in [2.05, 4.69) is 4.99 Å². The van der Waals surface area contributed by atoms with Gasteiger partial charge in [-0.15, -0.1) is 0 Å². The fourth-order valence-corrected chi connectivity index (χ4v) is 2.23. The number of hydrogen-bond donors (Lipinski definition) is 0. The molecule has 3 nitrogen and oxygen atoms in total. The van der Waals surface area contributed by atoms with Gasteiger partial charge in [-0.25, -0.2) is 4.79 Å². The molecule has 102 valence electrons. The summed E-state index contributed by atoms with van der Waals surface area (Å²) in [5.41, 5.74) is 0.391. The number of aliphatic imine (C=N–C) groups is 1. The second kappa shape index (κ2) is 5.80. The number of ether oxygens (including phenoxy) is 1. The summed E-state index contributed by atoms with van der Waals surface area (Å²) in [6, 6.07) is 18.6. The summed E-state index contributed by atoms with van der Waals surface area (Å²) in [5.74, 6) is 1.07. The summed E-state index contributed by atoms with van der Waals surface area (Å²) < 4.78 is 5.79. The molecule has 0 aliphatic carbocycles. The van der Waals surface area contributed by atoms with Crippen LogP contribution in [0, 0.1) is 0 Å². The molecule has 0 saturated carbocycles. The second-order valence-corrected chi connectivity index (χ2v) is 4.86. The van der Waals surface area contributed by atoms with Crippen molar-refractivity contribution in [1.29, 1.82) is 0 Å². The molecular formula is C17H10ClNO2. The summed E-state index contributed by atoms with van der Waals surface area (Å²) in [5, 5.41) is 2.70. The molecule has 0 atom stereocenters. The monoisotopic (exact) mass is 295 g/mol. The first-order valence-electron chi connectivity index (χ1n) is 6.30. The van der Waals surface area contributed by atoms with E-state index in [0.29, 0.717) is 22.2 Å². The van der Waals surface area contributed by atoms with Crippen LogP contribution in [0.5, 0.6) is 11.5 Å². The lowest BCUT2D eigenvalue weighted by Gasteiger charge is -2.09. The van der Waals surface area contributed by atoms with Gasteiger partial charge < -0.3 is 4.74 Å². The van der Waals surface area contributed by atoms with Gasteiger partial charge in [0.1, 0.15) is 11.4 Å². The van der Waals surface area contributed by atoms with E-state index in [4.69, 9.17) is 16.3 Å². The van der Waals surface area contributed by atoms with Crippen molar-refractivity contribution < 1.29 is 9.53 Å². The fraction of sp³-hybridized carbons (Fsp3) is 0. The van der Waals surface area contributed by atoms with E-state index in [9.17, 15) is 4.79 Å². The minimum absolute atomic E-state index is 0.391. The Morgan fingerprint density at radius 2 is 1.76 bits per heavy atom. The topological polar surface area (TPSA) is 38.7 Å².